The number of carbonyl (C=O) groups excluding carboxylic acids is 2. The Bertz CT molecular complexity index is 325. The quantitative estimate of drug-likeness (QED) is 0.710. The van der Waals surface area contributed by atoms with Crippen LogP contribution in [0.15, 0.2) is 12.4 Å². The SMILES string of the molecule is C=C(N1CCCCCC1=O)N1CCCC1=O. The van der Waals surface area contributed by atoms with Crippen molar-refractivity contribution in [1.29, 1.82) is 0 Å². The Kier molecular flexibility index (Phi) is 3.27. The Labute approximate surface area is 95.9 Å². The maximum absolute atomic E-state index is 11.8. The van der Waals surface area contributed by atoms with E-state index < -0.39 is 0 Å². The molecule has 0 aliphatic carbocycles. The molecule has 2 amide bonds. The van der Waals surface area contributed by atoms with Crippen LogP contribution in [0.2, 0.25) is 0 Å². The first-order valence-corrected chi connectivity index (χ1v) is 6.00. The summed E-state index contributed by atoms with van der Waals surface area (Å²) in [4.78, 5) is 26.8. The predicted octanol–water partition coefficient (Wildman–Crippen LogP) is 1.48. The molecule has 0 atom stereocenters. The number of rotatable bonds is 2. The third-order valence-electron chi connectivity index (χ3n) is 3.27. The van der Waals surface area contributed by atoms with Gasteiger partial charge in [-0.25, -0.2) is 0 Å². The number of hydrogen-bond donors (Lipinski definition) is 0. The Morgan fingerprint density at radius 3 is 2.06 bits per heavy atom. The lowest BCUT2D eigenvalue weighted by Gasteiger charge is -2.29. The summed E-state index contributed by atoms with van der Waals surface area (Å²) in [6, 6.07) is 0. The van der Waals surface area contributed by atoms with Crippen molar-refractivity contribution in [2.24, 2.45) is 0 Å². The van der Waals surface area contributed by atoms with Crippen molar-refractivity contribution < 1.29 is 9.59 Å². The monoisotopic (exact) mass is 222 g/mol. The van der Waals surface area contributed by atoms with Gasteiger partial charge in [0.05, 0.1) is 0 Å². The van der Waals surface area contributed by atoms with Gasteiger partial charge in [0, 0.05) is 25.9 Å². The highest BCUT2D eigenvalue weighted by Crippen LogP contribution is 2.21. The zero-order valence-electron chi connectivity index (χ0n) is 9.57. The number of nitrogens with zero attached hydrogens (tertiary/aromatic N) is 2. The molecule has 2 rings (SSSR count). The molecular weight excluding hydrogens is 204 g/mol. The van der Waals surface area contributed by atoms with Gasteiger partial charge in [-0.15, -0.1) is 0 Å². The predicted molar refractivity (Wildman–Crippen MR) is 60.3 cm³/mol. The first-order chi connectivity index (χ1) is 7.70. The lowest BCUT2D eigenvalue weighted by molar-refractivity contribution is -0.132. The summed E-state index contributed by atoms with van der Waals surface area (Å²) in [5, 5.41) is 0. The molecule has 0 aromatic heterocycles. The zero-order valence-corrected chi connectivity index (χ0v) is 9.57. The van der Waals surface area contributed by atoms with E-state index in [0.29, 0.717) is 31.8 Å². The fraction of sp³-hybridized carbons (Fsp3) is 0.667. The van der Waals surface area contributed by atoms with Crippen molar-refractivity contribution in [3.05, 3.63) is 12.4 Å². The Morgan fingerprint density at radius 2 is 1.44 bits per heavy atom. The van der Waals surface area contributed by atoms with Gasteiger partial charge in [-0.3, -0.25) is 19.4 Å². The molecule has 4 nitrogen and oxygen atoms in total. The fourth-order valence-corrected chi connectivity index (χ4v) is 2.32. The van der Waals surface area contributed by atoms with Crippen molar-refractivity contribution in [1.82, 2.24) is 9.80 Å². The van der Waals surface area contributed by atoms with E-state index in [2.05, 4.69) is 6.58 Å². The van der Waals surface area contributed by atoms with Crippen LogP contribution >= 0.6 is 0 Å². The molecule has 0 saturated carbocycles. The summed E-state index contributed by atoms with van der Waals surface area (Å²) < 4.78 is 0. The average molecular weight is 222 g/mol. The van der Waals surface area contributed by atoms with Gasteiger partial charge in [-0.1, -0.05) is 13.0 Å². The molecule has 2 fully saturated rings. The summed E-state index contributed by atoms with van der Waals surface area (Å²) >= 11 is 0. The summed E-state index contributed by atoms with van der Waals surface area (Å²) in [5.41, 5.74) is 0. The molecule has 0 aromatic carbocycles. The topological polar surface area (TPSA) is 40.6 Å². The zero-order chi connectivity index (χ0) is 11.5. The van der Waals surface area contributed by atoms with E-state index in [1.54, 1.807) is 9.80 Å². The minimum atomic E-state index is 0.0991. The van der Waals surface area contributed by atoms with Crippen molar-refractivity contribution in [2.45, 2.75) is 38.5 Å². The van der Waals surface area contributed by atoms with E-state index in [1.165, 1.54) is 0 Å². The standard InChI is InChI=1S/C12H18N2O2/c1-10(14-9-5-7-12(14)16)13-8-4-2-3-6-11(13)15/h1-9H2. The van der Waals surface area contributed by atoms with Crippen molar-refractivity contribution in [3.63, 3.8) is 0 Å². The maximum atomic E-state index is 11.8. The van der Waals surface area contributed by atoms with Crippen LogP contribution < -0.4 is 0 Å². The molecule has 2 saturated heterocycles. The van der Waals surface area contributed by atoms with E-state index >= 15 is 0 Å². The number of likely N-dealkylation sites (tertiary alicyclic amines) is 2. The molecule has 16 heavy (non-hydrogen) atoms. The Morgan fingerprint density at radius 1 is 0.875 bits per heavy atom. The van der Waals surface area contributed by atoms with E-state index in [4.69, 9.17) is 0 Å². The van der Waals surface area contributed by atoms with Crippen molar-refractivity contribution in [2.75, 3.05) is 13.1 Å². The molecule has 0 bridgehead atoms. The summed E-state index contributed by atoms with van der Waals surface area (Å²) in [5.74, 6) is 0.804. The molecule has 0 radical (unpaired) electrons. The number of amides is 2. The minimum Gasteiger partial charge on any atom is -0.299 e. The lowest BCUT2D eigenvalue weighted by Crippen LogP contribution is -2.39. The second kappa shape index (κ2) is 4.68. The molecular formula is C12H18N2O2. The van der Waals surface area contributed by atoms with Crippen LogP contribution in [-0.2, 0) is 9.59 Å². The van der Waals surface area contributed by atoms with Gasteiger partial charge in [0.25, 0.3) is 0 Å². The van der Waals surface area contributed by atoms with Crippen molar-refractivity contribution >= 4 is 11.8 Å². The normalized spacial score (nSPS) is 22.5. The number of carbonyl (C=O) groups is 2. The third-order valence-corrected chi connectivity index (χ3v) is 3.27. The van der Waals surface area contributed by atoms with Gasteiger partial charge in [0.2, 0.25) is 11.8 Å². The van der Waals surface area contributed by atoms with Crippen molar-refractivity contribution in [3.8, 4) is 0 Å². The van der Waals surface area contributed by atoms with Crippen LogP contribution in [-0.4, -0.2) is 34.7 Å². The highest BCUT2D eigenvalue weighted by atomic mass is 16.2. The molecule has 0 spiro atoms. The molecule has 0 N–H and O–H groups in total. The summed E-state index contributed by atoms with van der Waals surface area (Å²) in [7, 11) is 0. The largest absolute Gasteiger partial charge is 0.299 e. The van der Waals surface area contributed by atoms with E-state index in [0.717, 1.165) is 25.7 Å². The van der Waals surface area contributed by atoms with Crippen LogP contribution in [0.1, 0.15) is 38.5 Å². The van der Waals surface area contributed by atoms with Gasteiger partial charge in [0.15, 0.2) is 0 Å². The molecule has 2 aliphatic heterocycles. The number of hydrogen-bond acceptors (Lipinski definition) is 2. The van der Waals surface area contributed by atoms with E-state index in [9.17, 15) is 9.59 Å². The smallest absolute Gasteiger partial charge is 0.228 e. The van der Waals surface area contributed by atoms with Crippen LogP contribution in [0, 0.1) is 0 Å². The maximum Gasteiger partial charge on any atom is 0.228 e. The van der Waals surface area contributed by atoms with Gasteiger partial charge in [-0.05, 0) is 19.3 Å². The second-order valence-electron chi connectivity index (χ2n) is 4.42. The van der Waals surface area contributed by atoms with Crippen LogP contribution in [0.25, 0.3) is 0 Å². The van der Waals surface area contributed by atoms with Gasteiger partial charge in [0.1, 0.15) is 5.82 Å². The summed E-state index contributed by atoms with van der Waals surface area (Å²) in [6.45, 7) is 5.33. The minimum absolute atomic E-state index is 0.0991. The fourth-order valence-electron chi connectivity index (χ4n) is 2.32. The van der Waals surface area contributed by atoms with Gasteiger partial charge < -0.3 is 0 Å². The second-order valence-corrected chi connectivity index (χ2v) is 4.42. The summed E-state index contributed by atoms with van der Waals surface area (Å²) in [6.07, 6.45) is 5.09. The van der Waals surface area contributed by atoms with Crippen LogP contribution in [0.4, 0.5) is 0 Å². The highest BCUT2D eigenvalue weighted by molar-refractivity contribution is 5.83. The molecule has 0 unspecified atom stereocenters. The first kappa shape index (κ1) is 11.2. The molecule has 88 valence electrons. The third kappa shape index (κ3) is 2.10. The Hall–Kier alpha value is -1.32. The van der Waals surface area contributed by atoms with E-state index in [-0.39, 0.29) is 11.8 Å². The molecule has 2 aliphatic rings. The average Bonchev–Trinajstić information content (AvgIpc) is 2.56. The lowest BCUT2D eigenvalue weighted by atomic mass is 10.2. The van der Waals surface area contributed by atoms with Crippen LogP contribution in [0.3, 0.4) is 0 Å². The van der Waals surface area contributed by atoms with Crippen LogP contribution in [0.5, 0.6) is 0 Å². The van der Waals surface area contributed by atoms with Gasteiger partial charge >= 0.3 is 0 Å². The molecule has 0 aromatic rings. The Balaban J connectivity index is 2.07. The van der Waals surface area contributed by atoms with Gasteiger partial charge in [-0.2, -0.15) is 0 Å². The van der Waals surface area contributed by atoms with E-state index in [1.807, 2.05) is 0 Å². The first-order valence-electron chi connectivity index (χ1n) is 6.00. The highest BCUT2D eigenvalue weighted by Gasteiger charge is 2.28. The molecule has 4 heteroatoms. The molecule has 2 heterocycles.